The Bertz CT molecular complexity index is 880. The van der Waals surface area contributed by atoms with Gasteiger partial charge in [-0.15, -0.1) is 0 Å². The zero-order valence-corrected chi connectivity index (χ0v) is 14.7. The van der Waals surface area contributed by atoms with Gasteiger partial charge in [-0.1, -0.05) is 35.9 Å². The van der Waals surface area contributed by atoms with E-state index in [0.29, 0.717) is 6.54 Å². The van der Waals surface area contributed by atoms with Crippen LogP contribution in [-0.2, 0) is 0 Å². The van der Waals surface area contributed by atoms with E-state index in [1.165, 1.54) is 5.56 Å². The van der Waals surface area contributed by atoms with Crippen LogP contribution >= 0.6 is 0 Å². The summed E-state index contributed by atoms with van der Waals surface area (Å²) in [7, 11) is 6.03. The number of aliphatic imine (C=N–C) groups is 1. The average molecular weight is 327 g/mol. The fraction of sp³-hybridized carbons (Fsp3) is 0.190. The summed E-state index contributed by atoms with van der Waals surface area (Å²) in [5.41, 5.74) is 13.3. The molecule has 2 N–H and O–H groups in total. The van der Waals surface area contributed by atoms with E-state index >= 15 is 0 Å². The molecular weight excluding hydrogens is 305 g/mol. The Hall–Kier alpha value is -2.59. The second kappa shape index (κ2) is 7.54. The van der Waals surface area contributed by atoms with Crippen molar-refractivity contribution < 1.29 is 0 Å². The standard InChI is InChI=1S/C21H22BN3/c1-15-5-7-17(8-6-15)9-10-18-14-16(2)21(24-18)19(11-12-23)20-4-3-13-25(20)22/h3-10,13-14H,11-12,23H2,1-2H3. The van der Waals surface area contributed by atoms with Crippen molar-refractivity contribution in [1.29, 1.82) is 0 Å². The molecule has 3 nitrogen and oxygen atoms in total. The lowest BCUT2D eigenvalue weighted by molar-refractivity contribution is 0.997. The molecule has 2 aromatic rings. The second-order valence-corrected chi connectivity index (χ2v) is 6.27. The first kappa shape index (κ1) is 17.2. The van der Waals surface area contributed by atoms with Gasteiger partial charge in [0, 0.05) is 11.3 Å². The lowest BCUT2D eigenvalue weighted by Crippen LogP contribution is -2.05. The van der Waals surface area contributed by atoms with E-state index < -0.39 is 0 Å². The van der Waals surface area contributed by atoms with E-state index in [2.05, 4.69) is 50.3 Å². The molecule has 1 aliphatic rings. The Morgan fingerprint density at radius 3 is 2.56 bits per heavy atom. The smallest absolute Gasteiger partial charge is 0.234 e. The van der Waals surface area contributed by atoms with E-state index in [4.69, 9.17) is 18.7 Å². The molecule has 0 spiro atoms. The summed E-state index contributed by atoms with van der Waals surface area (Å²) in [5, 5.41) is 0. The minimum absolute atomic E-state index is 0.557. The highest BCUT2D eigenvalue weighted by Gasteiger charge is 2.16. The molecule has 2 radical (unpaired) electrons. The molecule has 1 aromatic heterocycles. The van der Waals surface area contributed by atoms with Crippen molar-refractivity contribution in [3.05, 3.63) is 82.8 Å². The van der Waals surface area contributed by atoms with E-state index in [9.17, 15) is 0 Å². The van der Waals surface area contributed by atoms with Crippen LogP contribution < -0.4 is 5.73 Å². The van der Waals surface area contributed by atoms with Gasteiger partial charge in [0.1, 0.15) is 0 Å². The molecule has 124 valence electrons. The first-order valence-electron chi connectivity index (χ1n) is 8.46. The van der Waals surface area contributed by atoms with E-state index in [-0.39, 0.29) is 0 Å². The summed E-state index contributed by atoms with van der Waals surface area (Å²) in [5.74, 6) is 0. The average Bonchev–Trinajstić information content (AvgIpc) is 3.18. The van der Waals surface area contributed by atoms with Crippen LogP contribution in [0.25, 0.3) is 11.6 Å². The highest BCUT2D eigenvalue weighted by Crippen LogP contribution is 2.30. The molecule has 1 aliphatic heterocycles. The molecule has 0 aliphatic carbocycles. The summed E-state index contributed by atoms with van der Waals surface area (Å²) >= 11 is 0. The lowest BCUT2D eigenvalue weighted by Gasteiger charge is -2.11. The lowest BCUT2D eigenvalue weighted by atomic mass is 10.0. The highest BCUT2D eigenvalue weighted by molar-refractivity contribution is 6.11. The van der Waals surface area contributed by atoms with E-state index in [0.717, 1.165) is 40.2 Å². The quantitative estimate of drug-likeness (QED) is 0.832. The molecule has 0 fully saturated rings. The van der Waals surface area contributed by atoms with Crippen LogP contribution in [0.1, 0.15) is 30.2 Å². The zero-order valence-electron chi connectivity index (χ0n) is 14.7. The molecule has 4 heteroatoms. The molecule has 0 saturated heterocycles. The predicted molar refractivity (Wildman–Crippen MR) is 108 cm³/mol. The number of aryl methyl sites for hydroxylation is 1. The minimum atomic E-state index is 0.557. The summed E-state index contributed by atoms with van der Waals surface area (Å²) in [4.78, 5) is 4.81. The van der Waals surface area contributed by atoms with Gasteiger partial charge in [-0.3, -0.25) is 0 Å². The van der Waals surface area contributed by atoms with Gasteiger partial charge in [0.15, 0.2) is 0 Å². The fourth-order valence-electron chi connectivity index (χ4n) is 2.95. The summed E-state index contributed by atoms with van der Waals surface area (Å²) in [6, 6.07) is 12.4. The highest BCUT2D eigenvalue weighted by atomic mass is 14.9. The fourth-order valence-corrected chi connectivity index (χ4v) is 2.95. The number of benzene rings is 1. The van der Waals surface area contributed by atoms with Crippen LogP contribution in [-0.4, -0.2) is 24.7 Å². The van der Waals surface area contributed by atoms with Gasteiger partial charge in [0.2, 0.25) is 7.98 Å². The third-order valence-electron chi connectivity index (χ3n) is 4.27. The number of hydrogen-bond donors (Lipinski definition) is 1. The van der Waals surface area contributed by atoms with Crippen LogP contribution in [0.3, 0.4) is 0 Å². The molecule has 1 aromatic carbocycles. The molecule has 0 unspecified atom stereocenters. The number of nitrogens with two attached hydrogens (primary N) is 1. The molecule has 25 heavy (non-hydrogen) atoms. The molecule has 0 saturated carbocycles. The monoisotopic (exact) mass is 327 g/mol. The van der Waals surface area contributed by atoms with Crippen molar-refractivity contribution in [2.45, 2.75) is 20.3 Å². The second-order valence-electron chi connectivity index (χ2n) is 6.27. The number of hydrogen-bond acceptors (Lipinski definition) is 2. The Morgan fingerprint density at radius 2 is 1.92 bits per heavy atom. The van der Waals surface area contributed by atoms with Crippen molar-refractivity contribution in [1.82, 2.24) is 4.48 Å². The molecular formula is C21H22BN3. The van der Waals surface area contributed by atoms with Crippen LogP contribution in [0.4, 0.5) is 0 Å². The molecule has 3 rings (SSSR count). The Kier molecular flexibility index (Phi) is 5.20. The van der Waals surface area contributed by atoms with E-state index in [1.807, 2.05) is 24.4 Å². The van der Waals surface area contributed by atoms with Crippen LogP contribution in [0, 0.1) is 6.92 Å². The first-order valence-corrected chi connectivity index (χ1v) is 8.46. The molecule has 0 bridgehead atoms. The summed E-state index contributed by atoms with van der Waals surface area (Å²) in [6.45, 7) is 4.72. The normalized spacial score (nSPS) is 16.3. The van der Waals surface area contributed by atoms with Crippen molar-refractivity contribution in [3.63, 3.8) is 0 Å². The Morgan fingerprint density at radius 1 is 1.16 bits per heavy atom. The van der Waals surface area contributed by atoms with Crippen molar-refractivity contribution in [2.75, 3.05) is 6.54 Å². The number of nitrogens with zero attached hydrogens (tertiary/aromatic N) is 2. The number of allylic oxidation sites excluding steroid dienone is 3. The van der Waals surface area contributed by atoms with Crippen LogP contribution in [0.5, 0.6) is 0 Å². The van der Waals surface area contributed by atoms with Gasteiger partial charge in [0.05, 0.1) is 11.4 Å². The van der Waals surface area contributed by atoms with Gasteiger partial charge in [0.25, 0.3) is 0 Å². The van der Waals surface area contributed by atoms with Gasteiger partial charge < -0.3 is 10.2 Å². The van der Waals surface area contributed by atoms with Gasteiger partial charge in [-0.25, -0.2) is 4.99 Å². The maximum Gasteiger partial charge on any atom is 0.234 e. The van der Waals surface area contributed by atoms with Gasteiger partial charge in [-0.2, -0.15) is 0 Å². The Labute approximate surface area is 150 Å². The SMILES string of the molecule is [B]n1cccc1C(CCN)=C1N=C(C=Cc2ccc(C)cc2)C=C1C. The largest absolute Gasteiger partial charge is 0.403 e. The van der Waals surface area contributed by atoms with E-state index in [1.54, 1.807) is 4.48 Å². The topological polar surface area (TPSA) is 43.3 Å². The number of aromatic nitrogens is 1. The van der Waals surface area contributed by atoms with Gasteiger partial charge >= 0.3 is 0 Å². The van der Waals surface area contributed by atoms with Gasteiger partial charge in [-0.05, 0) is 68.4 Å². The van der Waals surface area contributed by atoms with Crippen molar-refractivity contribution in [3.8, 4) is 0 Å². The van der Waals surface area contributed by atoms with Crippen LogP contribution in [0.15, 0.2) is 71.0 Å². The molecule has 2 heterocycles. The maximum absolute atomic E-state index is 6.03. The van der Waals surface area contributed by atoms with Crippen molar-refractivity contribution >= 4 is 25.3 Å². The maximum atomic E-state index is 6.03. The first-order chi connectivity index (χ1) is 12.1. The van der Waals surface area contributed by atoms with Crippen LogP contribution in [0.2, 0.25) is 0 Å². The molecule has 0 atom stereocenters. The Balaban J connectivity index is 1.93. The summed E-state index contributed by atoms with van der Waals surface area (Å²) < 4.78 is 1.63. The zero-order chi connectivity index (χ0) is 17.8. The predicted octanol–water partition coefficient (Wildman–Crippen LogP) is 3.90. The molecule has 0 amide bonds. The third kappa shape index (κ3) is 3.91. The third-order valence-corrected chi connectivity index (χ3v) is 4.27. The minimum Gasteiger partial charge on any atom is -0.403 e. The summed E-state index contributed by atoms with van der Waals surface area (Å²) in [6.07, 6.45) is 8.80. The van der Waals surface area contributed by atoms with Crippen molar-refractivity contribution in [2.24, 2.45) is 10.7 Å². The number of rotatable bonds is 5.